The number of amides is 1. The molecule has 1 fully saturated rings. The Bertz CT molecular complexity index is 733. The third-order valence-corrected chi connectivity index (χ3v) is 5.26. The van der Waals surface area contributed by atoms with Gasteiger partial charge in [0.2, 0.25) is 0 Å². The van der Waals surface area contributed by atoms with Crippen LogP contribution < -0.4 is 10.2 Å². The maximum Gasteiger partial charge on any atom is 0.252 e. The van der Waals surface area contributed by atoms with E-state index in [1.165, 1.54) is 23.9 Å². The maximum atomic E-state index is 13.1. The van der Waals surface area contributed by atoms with Crippen molar-refractivity contribution in [3.63, 3.8) is 0 Å². The number of anilines is 1. The van der Waals surface area contributed by atoms with E-state index >= 15 is 0 Å². The molecule has 0 atom stereocenters. The lowest BCUT2D eigenvalue weighted by Crippen LogP contribution is -2.47. The molecule has 1 N–H and O–H groups in total. The first-order valence-electron chi connectivity index (χ1n) is 8.89. The van der Waals surface area contributed by atoms with E-state index in [2.05, 4.69) is 55.3 Å². The topological polar surface area (TPSA) is 35.6 Å². The molecule has 0 saturated carbocycles. The molecule has 3 rings (SSSR count). The van der Waals surface area contributed by atoms with Crippen LogP contribution in [0.2, 0.25) is 0 Å². The lowest BCUT2D eigenvalue weighted by molar-refractivity contribution is 0.0950. The van der Waals surface area contributed by atoms with Crippen LogP contribution in [0.4, 0.5) is 10.1 Å². The number of para-hydroxylation sites is 1. The van der Waals surface area contributed by atoms with Gasteiger partial charge in [0, 0.05) is 42.9 Å². The normalized spacial score (nSPS) is 15.1. The molecule has 0 unspecified atom stereocenters. The Morgan fingerprint density at radius 3 is 2.50 bits per heavy atom. The second kappa shape index (κ2) is 9.14. The van der Waals surface area contributed by atoms with Crippen molar-refractivity contribution < 1.29 is 9.18 Å². The number of piperazine rings is 1. The summed E-state index contributed by atoms with van der Waals surface area (Å²) in [6.07, 6.45) is 0.899. The van der Waals surface area contributed by atoms with Gasteiger partial charge in [-0.3, -0.25) is 9.69 Å². The third kappa shape index (κ3) is 5.05. The molecule has 0 aromatic heterocycles. The molecule has 1 aliphatic rings. The average Bonchev–Trinajstić information content (AvgIpc) is 2.66. The molecule has 2 aromatic carbocycles. The van der Waals surface area contributed by atoms with E-state index in [1.54, 1.807) is 0 Å². The largest absolute Gasteiger partial charge is 0.369 e. The van der Waals surface area contributed by atoms with E-state index in [0.717, 1.165) is 39.1 Å². The van der Waals surface area contributed by atoms with Crippen LogP contribution in [0.25, 0.3) is 0 Å². The summed E-state index contributed by atoms with van der Waals surface area (Å²) < 4.78 is 13.6. The number of nitrogens with zero attached hydrogens (tertiary/aromatic N) is 2. The first-order valence-corrected chi connectivity index (χ1v) is 9.68. The SMILES string of the molecule is O=C(NCCCN1CCN(c2ccccc2)CC1)c1ccc(F)cc1Br. The number of rotatable bonds is 6. The van der Waals surface area contributed by atoms with Gasteiger partial charge < -0.3 is 10.2 Å². The Morgan fingerprint density at radius 2 is 1.81 bits per heavy atom. The Labute approximate surface area is 162 Å². The van der Waals surface area contributed by atoms with Crippen LogP contribution in [0.5, 0.6) is 0 Å². The minimum Gasteiger partial charge on any atom is -0.369 e. The van der Waals surface area contributed by atoms with Gasteiger partial charge in [-0.05, 0) is 59.2 Å². The van der Waals surface area contributed by atoms with Gasteiger partial charge in [0.25, 0.3) is 5.91 Å². The van der Waals surface area contributed by atoms with E-state index in [1.807, 2.05) is 6.07 Å². The van der Waals surface area contributed by atoms with Crippen LogP contribution in [0.1, 0.15) is 16.8 Å². The van der Waals surface area contributed by atoms with Crippen molar-refractivity contribution in [1.29, 1.82) is 0 Å². The predicted octanol–water partition coefficient (Wildman–Crippen LogP) is 3.53. The van der Waals surface area contributed by atoms with Crippen LogP contribution in [-0.2, 0) is 0 Å². The summed E-state index contributed by atoms with van der Waals surface area (Å²) in [5.41, 5.74) is 1.74. The molecule has 2 aromatic rings. The van der Waals surface area contributed by atoms with E-state index in [0.29, 0.717) is 16.6 Å². The monoisotopic (exact) mass is 419 g/mol. The molecule has 0 aliphatic carbocycles. The number of nitrogens with one attached hydrogen (secondary N) is 1. The fourth-order valence-corrected chi connectivity index (χ4v) is 3.67. The number of carbonyl (C=O) groups excluding carboxylic acids is 1. The van der Waals surface area contributed by atoms with Gasteiger partial charge in [0.15, 0.2) is 0 Å². The van der Waals surface area contributed by atoms with E-state index in [4.69, 9.17) is 0 Å². The van der Waals surface area contributed by atoms with E-state index < -0.39 is 0 Å². The van der Waals surface area contributed by atoms with Crippen LogP contribution >= 0.6 is 15.9 Å². The molecular formula is C20H23BrFN3O. The first-order chi connectivity index (χ1) is 12.6. The molecular weight excluding hydrogens is 397 g/mol. The van der Waals surface area contributed by atoms with Gasteiger partial charge in [0.1, 0.15) is 5.82 Å². The fourth-order valence-electron chi connectivity index (χ4n) is 3.14. The molecule has 1 saturated heterocycles. The Kier molecular flexibility index (Phi) is 6.63. The van der Waals surface area contributed by atoms with Crippen molar-refractivity contribution in [2.24, 2.45) is 0 Å². The number of halogens is 2. The van der Waals surface area contributed by atoms with Crippen molar-refractivity contribution in [1.82, 2.24) is 10.2 Å². The van der Waals surface area contributed by atoms with Crippen molar-refractivity contribution in [3.05, 3.63) is 64.4 Å². The molecule has 0 radical (unpaired) electrons. The maximum absolute atomic E-state index is 13.1. The van der Waals surface area contributed by atoms with Gasteiger partial charge >= 0.3 is 0 Å². The third-order valence-electron chi connectivity index (χ3n) is 4.61. The van der Waals surface area contributed by atoms with Crippen molar-refractivity contribution in [3.8, 4) is 0 Å². The van der Waals surface area contributed by atoms with Gasteiger partial charge in [-0.2, -0.15) is 0 Å². The molecule has 4 nitrogen and oxygen atoms in total. The second-order valence-corrected chi connectivity index (χ2v) is 7.25. The molecule has 1 heterocycles. The molecule has 1 amide bonds. The summed E-state index contributed by atoms with van der Waals surface area (Å²) in [5.74, 6) is -0.533. The zero-order valence-corrected chi connectivity index (χ0v) is 16.2. The number of benzene rings is 2. The van der Waals surface area contributed by atoms with Gasteiger partial charge in [-0.1, -0.05) is 18.2 Å². The quantitative estimate of drug-likeness (QED) is 0.727. The van der Waals surface area contributed by atoms with Crippen molar-refractivity contribution in [2.75, 3.05) is 44.2 Å². The Morgan fingerprint density at radius 1 is 1.08 bits per heavy atom. The number of carbonyl (C=O) groups is 1. The van der Waals surface area contributed by atoms with Crippen LogP contribution in [0, 0.1) is 5.82 Å². The Hall–Kier alpha value is -1.92. The molecule has 26 heavy (non-hydrogen) atoms. The summed E-state index contributed by atoms with van der Waals surface area (Å²) in [7, 11) is 0. The smallest absolute Gasteiger partial charge is 0.252 e. The first kappa shape index (κ1) is 18.9. The zero-order chi connectivity index (χ0) is 18.4. The number of hydrogen-bond donors (Lipinski definition) is 1. The molecule has 138 valence electrons. The second-order valence-electron chi connectivity index (χ2n) is 6.40. The van der Waals surface area contributed by atoms with Crippen molar-refractivity contribution in [2.45, 2.75) is 6.42 Å². The van der Waals surface area contributed by atoms with Gasteiger partial charge in [-0.25, -0.2) is 4.39 Å². The fraction of sp³-hybridized carbons (Fsp3) is 0.350. The standard InChI is InChI=1S/C20H23BrFN3O/c21-19-15-16(22)7-8-18(19)20(26)23-9-4-10-24-11-13-25(14-12-24)17-5-2-1-3-6-17/h1-3,5-8,15H,4,9-14H2,(H,23,26). The minimum atomic E-state index is -0.358. The van der Waals surface area contributed by atoms with E-state index in [9.17, 15) is 9.18 Å². The van der Waals surface area contributed by atoms with Gasteiger partial charge in [0.05, 0.1) is 5.56 Å². The molecule has 1 aliphatic heterocycles. The predicted molar refractivity (Wildman–Crippen MR) is 106 cm³/mol. The summed E-state index contributed by atoms with van der Waals surface area (Å²) in [4.78, 5) is 17.0. The molecule has 0 spiro atoms. The highest BCUT2D eigenvalue weighted by Crippen LogP contribution is 2.18. The minimum absolute atomic E-state index is 0.175. The van der Waals surface area contributed by atoms with Crippen LogP contribution in [0.15, 0.2) is 53.0 Å². The van der Waals surface area contributed by atoms with Crippen LogP contribution in [0.3, 0.4) is 0 Å². The summed E-state index contributed by atoms with van der Waals surface area (Å²) in [6, 6.07) is 14.6. The summed E-state index contributed by atoms with van der Waals surface area (Å²) >= 11 is 3.23. The van der Waals surface area contributed by atoms with Gasteiger partial charge in [-0.15, -0.1) is 0 Å². The average molecular weight is 420 g/mol. The summed E-state index contributed by atoms with van der Waals surface area (Å²) in [5, 5.41) is 2.90. The highest BCUT2D eigenvalue weighted by Gasteiger charge is 2.16. The molecule has 6 heteroatoms. The Balaban J connectivity index is 1.36. The van der Waals surface area contributed by atoms with Crippen molar-refractivity contribution >= 4 is 27.5 Å². The summed E-state index contributed by atoms with van der Waals surface area (Å²) in [6.45, 7) is 5.70. The zero-order valence-electron chi connectivity index (χ0n) is 14.6. The number of hydrogen-bond acceptors (Lipinski definition) is 3. The van der Waals surface area contributed by atoms with Crippen LogP contribution in [-0.4, -0.2) is 50.1 Å². The highest BCUT2D eigenvalue weighted by atomic mass is 79.9. The highest BCUT2D eigenvalue weighted by molar-refractivity contribution is 9.10. The van der Waals surface area contributed by atoms with E-state index in [-0.39, 0.29) is 11.7 Å². The molecule has 0 bridgehead atoms. The lowest BCUT2D eigenvalue weighted by atomic mass is 10.2. The lowest BCUT2D eigenvalue weighted by Gasteiger charge is -2.36.